The summed E-state index contributed by atoms with van der Waals surface area (Å²) in [6.45, 7) is 9.81. The minimum atomic E-state index is -1.40. The van der Waals surface area contributed by atoms with Crippen LogP contribution in [0, 0.1) is 0 Å². The first-order chi connectivity index (χ1) is 7.61. The summed E-state index contributed by atoms with van der Waals surface area (Å²) in [4.78, 5) is 0. The Morgan fingerprint density at radius 3 is 1.50 bits per heavy atom. The second-order valence-corrected chi connectivity index (χ2v) is 24.3. The molecule has 0 aromatic carbocycles. The van der Waals surface area contributed by atoms with Crippen molar-refractivity contribution in [2.45, 2.75) is 39.8 Å². The van der Waals surface area contributed by atoms with Crippen molar-refractivity contribution in [3.05, 3.63) is 42.0 Å². The Balaban J connectivity index is 0.00000144. The molecule has 101 valence electrons. The Hall–Kier alpha value is 1.02. The van der Waals surface area contributed by atoms with Crippen molar-refractivity contribution in [3.8, 4) is 0 Å². The van der Waals surface area contributed by atoms with E-state index in [1.54, 1.807) is 11.1 Å². The van der Waals surface area contributed by atoms with Gasteiger partial charge in [-0.1, -0.05) is 0 Å². The maximum absolute atomic E-state index is 2.58. The molecule has 0 aliphatic heterocycles. The standard InChI is InChI=1S/2C6H7.C2H7Si.2BrH.Zr/c2*1-6-4-2-3-5-6;1-3-2;;;/h2*2,4H,3H2,1H3;3H,1-2H3;2*1H;. The molecule has 0 saturated heterocycles. The summed E-state index contributed by atoms with van der Waals surface area (Å²) in [7, 11) is 0. The van der Waals surface area contributed by atoms with Crippen LogP contribution in [-0.4, -0.2) is 5.92 Å². The summed E-state index contributed by atoms with van der Waals surface area (Å²) >= 11 is -1.40. The van der Waals surface area contributed by atoms with E-state index in [1.807, 2.05) is 6.56 Å². The predicted octanol–water partition coefficient (Wildman–Crippen LogP) is 5.21. The van der Waals surface area contributed by atoms with E-state index < -0.39 is 26.8 Å². The van der Waals surface area contributed by atoms with Crippen LogP contribution in [0.25, 0.3) is 0 Å². The van der Waals surface area contributed by atoms with Gasteiger partial charge in [-0.05, 0) is 0 Å². The van der Waals surface area contributed by atoms with E-state index in [2.05, 4.69) is 51.2 Å². The van der Waals surface area contributed by atoms with E-state index in [-0.39, 0.29) is 34.0 Å². The van der Waals surface area contributed by atoms with E-state index in [0.29, 0.717) is 0 Å². The van der Waals surface area contributed by atoms with E-state index in [4.69, 9.17) is 0 Å². The first kappa shape index (κ1) is 19.0. The molecule has 2 aliphatic carbocycles. The van der Waals surface area contributed by atoms with Gasteiger partial charge in [0.15, 0.2) is 0 Å². The summed E-state index contributed by atoms with van der Waals surface area (Å²) in [6, 6.07) is 0. The molecule has 0 amide bonds. The van der Waals surface area contributed by atoms with Crippen molar-refractivity contribution in [2.24, 2.45) is 0 Å². The fourth-order valence-corrected chi connectivity index (χ4v) is 23.6. The fourth-order valence-electron chi connectivity index (χ4n) is 2.75. The molecular weight excluding hydrogens is 447 g/mol. The fraction of sp³-hybridized carbons (Fsp3) is 0.429. The molecule has 0 aromatic heterocycles. The normalized spacial score (nSPS) is 17.4. The Bertz CT molecular complexity index is 384. The third kappa shape index (κ3) is 4.01. The van der Waals surface area contributed by atoms with Crippen molar-refractivity contribution in [2.75, 3.05) is 0 Å². The first-order valence-corrected chi connectivity index (χ1v) is 15.8. The molecule has 4 heteroatoms. The van der Waals surface area contributed by atoms with Gasteiger partial charge in [0.25, 0.3) is 0 Å². The van der Waals surface area contributed by atoms with Gasteiger partial charge in [-0.25, -0.2) is 0 Å². The summed E-state index contributed by atoms with van der Waals surface area (Å²) < 4.78 is 3.81. The molecule has 0 nitrogen and oxygen atoms in total. The zero-order chi connectivity index (χ0) is 11.7. The molecule has 2 aliphatic rings. The van der Waals surface area contributed by atoms with Gasteiger partial charge < -0.3 is 0 Å². The van der Waals surface area contributed by atoms with Gasteiger partial charge in [0.05, 0.1) is 0 Å². The monoisotopic (exact) mass is 467 g/mol. The number of hydrogen-bond acceptors (Lipinski definition) is 0. The van der Waals surface area contributed by atoms with Gasteiger partial charge in [-0.15, -0.1) is 34.0 Å². The van der Waals surface area contributed by atoms with Crippen LogP contribution in [0.2, 0.25) is 13.1 Å². The molecule has 0 unspecified atom stereocenters. The van der Waals surface area contributed by atoms with Crippen molar-refractivity contribution < 1.29 is 20.9 Å². The topological polar surface area (TPSA) is 0 Å². The summed E-state index contributed by atoms with van der Waals surface area (Å²) in [6.07, 6.45) is 12.0. The van der Waals surface area contributed by atoms with E-state index in [0.717, 1.165) is 0 Å². The second-order valence-electron chi connectivity index (χ2n) is 5.10. The summed E-state index contributed by atoms with van der Waals surface area (Å²) in [5.41, 5.74) is 3.23. The second kappa shape index (κ2) is 8.34. The molecule has 2 rings (SSSR count). The quantitative estimate of drug-likeness (QED) is 0.497. The zero-order valence-corrected chi connectivity index (χ0v) is 18.7. The molecule has 0 fully saturated rings. The molecule has 0 aromatic rings. The Labute approximate surface area is 141 Å². The third-order valence-corrected chi connectivity index (χ3v) is 23.5. The van der Waals surface area contributed by atoms with E-state index in [1.165, 1.54) is 12.8 Å². The van der Waals surface area contributed by atoms with Gasteiger partial charge in [0, 0.05) is 0 Å². The molecule has 0 spiro atoms. The van der Waals surface area contributed by atoms with Crippen molar-refractivity contribution >= 4 is 39.9 Å². The van der Waals surface area contributed by atoms with E-state index in [9.17, 15) is 0 Å². The summed E-state index contributed by atoms with van der Waals surface area (Å²) in [5.74, 6) is -0.468. The van der Waals surface area contributed by atoms with Gasteiger partial charge in [0.1, 0.15) is 0 Å². The number of halogens is 2. The van der Waals surface area contributed by atoms with Crippen LogP contribution in [0.3, 0.4) is 0 Å². The Morgan fingerprint density at radius 1 is 0.889 bits per heavy atom. The van der Waals surface area contributed by atoms with Crippen molar-refractivity contribution in [3.63, 3.8) is 0 Å². The number of allylic oxidation sites excluding steroid dienone is 8. The van der Waals surface area contributed by atoms with Gasteiger partial charge in [-0.3, -0.25) is 0 Å². The van der Waals surface area contributed by atoms with Crippen LogP contribution in [0.1, 0.15) is 26.7 Å². The minimum absolute atomic E-state index is 0. The zero-order valence-electron chi connectivity index (χ0n) is 11.6. The van der Waals surface area contributed by atoms with Crippen LogP contribution < -0.4 is 0 Å². The first-order valence-electron chi connectivity index (χ1n) is 6.21. The van der Waals surface area contributed by atoms with Crippen LogP contribution in [0.5, 0.6) is 0 Å². The average molecular weight is 470 g/mol. The van der Waals surface area contributed by atoms with Crippen LogP contribution in [0.4, 0.5) is 0 Å². The van der Waals surface area contributed by atoms with E-state index >= 15 is 0 Å². The number of hydrogen-bond donors (Lipinski definition) is 0. The molecule has 0 N–H and O–H groups in total. The van der Waals surface area contributed by atoms with Crippen molar-refractivity contribution in [1.29, 1.82) is 0 Å². The Kier molecular flexibility index (Phi) is 8.81. The predicted molar refractivity (Wildman–Crippen MR) is 92.4 cm³/mol. The van der Waals surface area contributed by atoms with Gasteiger partial charge in [-0.2, -0.15) is 0 Å². The molecule has 0 saturated carbocycles. The van der Waals surface area contributed by atoms with Crippen molar-refractivity contribution in [1.82, 2.24) is 0 Å². The molecular formula is C14H23Br2SiZr. The van der Waals surface area contributed by atoms with Gasteiger partial charge in [0.2, 0.25) is 0 Å². The molecule has 0 atom stereocenters. The molecule has 0 heterocycles. The molecule has 18 heavy (non-hydrogen) atoms. The SMILES string of the molecule is Br.Br.CC1=[C]([Zr]([C]2=C(C)C=CC2)[SiH](C)C)CC=C1. The summed E-state index contributed by atoms with van der Waals surface area (Å²) in [5, 5.41) is 0. The number of rotatable bonds is 3. The van der Waals surface area contributed by atoms with Crippen LogP contribution in [0.15, 0.2) is 42.0 Å². The molecule has 0 bridgehead atoms. The average Bonchev–Trinajstić information content (AvgIpc) is 2.79. The van der Waals surface area contributed by atoms with Gasteiger partial charge >= 0.3 is 109 Å². The third-order valence-electron chi connectivity index (χ3n) is 3.56. The van der Waals surface area contributed by atoms with Crippen LogP contribution in [-0.2, 0) is 20.9 Å². The maximum atomic E-state index is 2.58. The molecule has 0 radical (unpaired) electrons. The Morgan fingerprint density at radius 2 is 1.28 bits per heavy atom. The van der Waals surface area contributed by atoms with Crippen LogP contribution >= 0.6 is 34.0 Å².